The summed E-state index contributed by atoms with van der Waals surface area (Å²) in [4.78, 5) is 0.699. The second kappa shape index (κ2) is 4.82. The first kappa shape index (κ1) is 13.5. The first-order valence-corrected chi connectivity index (χ1v) is 8.67. The van der Waals surface area contributed by atoms with Crippen molar-refractivity contribution < 1.29 is 18.3 Å². The van der Waals surface area contributed by atoms with Crippen LogP contribution in [0.4, 0.5) is 0 Å². The molecule has 2 saturated heterocycles. The zero-order valence-corrected chi connectivity index (χ0v) is 12.3. The number of thiophene rings is 1. The van der Waals surface area contributed by atoms with Gasteiger partial charge in [-0.3, -0.25) is 0 Å². The number of nitrogens with one attached hydrogen (secondary N) is 1. The Hall–Kier alpha value is -0.470. The van der Waals surface area contributed by atoms with Gasteiger partial charge in [-0.25, -0.2) is 13.1 Å². The van der Waals surface area contributed by atoms with E-state index in [-0.39, 0.29) is 29.1 Å². The SMILES string of the molecule is Cc1cc(S(=O)(=O)NC2CC3CCC2O3)sc1CO. The van der Waals surface area contributed by atoms with Crippen molar-refractivity contribution in [3.05, 3.63) is 16.5 Å². The zero-order chi connectivity index (χ0) is 13.6. The van der Waals surface area contributed by atoms with Crippen molar-refractivity contribution in [2.45, 2.75) is 55.3 Å². The number of aryl methyl sites for hydroxylation is 1. The quantitative estimate of drug-likeness (QED) is 0.875. The molecule has 2 N–H and O–H groups in total. The lowest BCUT2D eigenvalue weighted by molar-refractivity contribution is 0.0996. The van der Waals surface area contributed by atoms with E-state index in [1.165, 1.54) is 0 Å². The Morgan fingerprint density at radius 2 is 2.32 bits per heavy atom. The lowest BCUT2D eigenvalue weighted by Crippen LogP contribution is -2.41. The first-order chi connectivity index (χ1) is 8.99. The number of hydrogen-bond donors (Lipinski definition) is 2. The summed E-state index contributed by atoms with van der Waals surface area (Å²) in [6.45, 7) is 1.69. The van der Waals surface area contributed by atoms with E-state index in [0.717, 1.165) is 36.2 Å². The predicted molar refractivity (Wildman–Crippen MR) is 71.6 cm³/mol. The van der Waals surface area contributed by atoms with Gasteiger partial charge in [0.15, 0.2) is 0 Å². The van der Waals surface area contributed by atoms with Crippen molar-refractivity contribution in [3.63, 3.8) is 0 Å². The van der Waals surface area contributed by atoms with E-state index in [1.54, 1.807) is 6.07 Å². The summed E-state index contributed by atoms with van der Waals surface area (Å²) in [7, 11) is -3.50. The van der Waals surface area contributed by atoms with E-state index < -0.39 is 10.0 Å². The molecule has 2 bridgehead atoms. The molecule has 0 saturated carbocycles. The number of ether oxygens (including phenoxy) is 1. The van der Waals surface area contributed by atoms with Crippen LogP contribution in [0.15, 0.2) is 10.3 Å². The number of hydrogen-bond acceptors (Lipinski definition) is 5. The standard InChI is InChI=1S/C12H17NO4S2/c1-7-4-12(18-11(7)6-14)19(15,16)13-9-5-8-2-3-10(9)17-8/h4,8-10,13-14H,2-3,5-6H2,1H3. The Labute approximate surface area is 116 Å². The van der Waals surface area contributed by atoms with E-state index in [0.29, 0.717) is 4.88 Å². The van der Waals surface area contributed by atoms with Gasteiger partial charge in [-0.15, -0.1) is 11.3 Å². The average Bonchev–Trinajstić information content (AvgIpc) is 3.02. The Bertz CT molecular complexity index is 581. The fourth-order valence-electron chi connectivity index (χ4n) is 2.80. The molecule has 2 aliphatic rings. The summed E-state index contributed by atoms with van der Waals surface area (Å²) in [5.74, 6) is 0. The second-order valence-electron chi connectivity index (χ2n) is 5.17. The fraction of sp³-hybridized carbons (Fsp3) is 0.667. The molecule has 106 valence electrons. The molecule has 19 heavy (non-hydrogen) atoms. The highest BCUT2D eigenvalue weighted by atomic mass is 32.2. The fourth-order valence-corrected chi connectivity index (χ4v) is 5.54. The monoisotopic (exact) mass is 303 g/mol. The van der Waals surface area contributed by atoms with Crippen LogP contribution in [-0.4, -0.2) is 31.8 Å². The normalized spacial score (nSPS) is 30.1. The lowest BCUT2D eigenvalue weighted by Gasteiger charge is -2.19. The van der Waals surface area contributed by atoms with Crippen molar-refractivity contribution in [3.8, 4) is 0 Å². The molecule has 7 heteroatoms. The molecule has 0 aliphatic carbocycles. The van der Waals surface area contributed by atoms with Crippen molar-refractivity contribution in [1.82, 2.24) is 4.72 Å². The molecule has 0 spiro atoms. The Balaban J connectivity index is 1.78. The molecule has 0 aromatic carbocycles. The maximum Gasteiger partial charge on any atom is 0.250 e. The summed E-state index contributed by atoms with van der Waals surface area (Å²) in [5, 5.41) is 9.14. The molecule has 3 unspecified atom stereocenters. The third-order valence-electron chi connectivity index (χ3n) is 3.82. The van der Waals surface area contributed by atoms with Gasteiger partial charge in [0.25, 0.3) is 0 Å². The van der Waals surface area contributed by atoms with Crippen LogP contribution in [0, 0.1) is 6.92 Å². The summed E-state index contributed by atoms with van der Waals surface area (Å²) in [5.41, 5.74) is 0.817. The second-order valence-corrected chi connectivity index (χ2v) is 8.24. The van der Waals surface area contributed by atoms with Crippen LogP contribution < -0.4 is 4.72 Å². The van der Waals surface area contributed by atoms with Gasteiger partial charge in [0.05, 0.1) is 24.9 Å². The third kappa shape index (κ3) is 2.45. The van der Waals surface area contributed by atoms with E-state index >= 15 is 0 Å². The van der Waals surface area contributed by atoms with Gasteiger partial charge in [-0.1, -0.05) is 0 Å². The smallest absolute Gasteiger partial charge is 0.250 e. The molecular formula is C12H17NO4S2. The number of fused-ring (bicyclic) bond motifs is 2. The lowest BCUT2D eigenvalue weighted by atomic mass is 9.96. The van der Waals surface area contributed by atoms with Crippen LogP contribution in [0.1, 0.15) is 29.7 Å². The Morgan fingerprint density at radius 1 is 1.53 bits per heavy atom. The van der Waals surface area contributed by atoms with Crippen molar-refractivity contribution >= 4 is 21.4 Å². The summed E-state index contributed by atoms with van der Waals surface area (Å²) in [6.07, 6.45) is 2.98. The van der Waals surface area contributed by atoms with Gasteiger partial charge in [-0.2, -0.15) is 0 Å². The van der Waals surface area contributed by atoms with Gasteiger partial charge < -0.3 is 9.84 Å². The maximum absolute atomic E-state index is 12.3. The molecule has 3 heterocycles. The van der Waals surface area contributed by atoms with Crippen LogP contribution in [-0.2, 0) is 21.4 Å². The molecule has 5 nitrogen and oxygen atoms in total. The van der Waals surface area contributed by atoms with Crippen molar-refractivity contribution in [2.75, 3.05) is 0 Å². The molecule has 2 fully saturated rings. The van der Waals surface area contributed by atoms with Crippen LogP contribution >= 0.6 is 11.3 Å². The Morgan fingerprint density at radius 3 is 2.84 bits per heavy atom. The van der Waals surface area contributed by atoms with Gasteiger partial charge in [-0.05, 0) is 37.8 Å². The predicted octanol–water partition coefficient (Wildman–Crippen LogP) is 1.15. The van der Waals surface area contributed by atoms with Gasteiger partial charge in [0.2, 0.25) is 10.0 Å². The highest BCUT2D eigenvalue weighted by Gasteiger charge is 2.42. The van der Waals surface area contributed by atoms with Crippen molar-refractivity contribution in [2.24, 2.45) is 0 Å². The van der Waals surface area contributed by atoms with E-state index in [9.17, 15) is 8.42 Å². The minimum atomic E-state index is -3.50. The molecule has 1 aromatic heterocycles. The van der Waals surface area contributed by atoms with E-state index in [4.69, 9.17) is 9.84 Å². The van der Waals surface area contributed by atoms with Crippen LogP contribution in [0.3, 0.4) is 0 Å². The average molecular weight is 303 g/mol. The van der Waals surface area contributed by atoms with Crippen LogP contribution in [0.25, 0.3) is 0 Å². The molecule has 3 atom stereocenters. The minimum Gasteiger partial charge on any atom is -0.391 e. The van der Waals surface area contributed by atoms with Crippen LogP contribution in [0.2, 0.25) is 0 Å². The number of aliphatic hydroxyl groups is 1. The number of sulfonamides is 1. The van der Waals surface area contributed by atoms with Gasteiger partial charge in [0.1, 0.15) is 4.21 Å². The van der Waals surface area contributed by atoms with E-state index in [2.05, 4.69) is 4.72 Å². The van der Waals surface area contributed by atoms with Crippen LogP contribution in [0.5, 0.6) is 0 Å². The molecule has 0 amide bonds. The summed E-state index contributed by atoms with van der Waals surface area (Å²) in [6, 6.07) is 1.51. The largest absolute Gasteiger partial charge is 0.391 e. The Kier molecular flexibility index (Phi) is 3.43. The van der Waals surface area contributed by atoms with Gasteiger partial charge in [0, 0.05) is 4.88 Å². The van der Waals surface area contributed by atoms with E-state index in [1.807, 2.05) is 6.92 Å². The van der Waals surface area contributed by atoms with Gasteiger partial charge >= 0.3 is 0 Å². The minimum absolute atomic E-state index is 0.0261. The molecule has 1 aromatic rings. The number of rotatable bonds is 4. The molecule has 3 rings (SSSR count). The first-order valence-electron chi connectivity index (χ1n) is 6.37. The molecular weight excluding hydrogens is 286 g/mol. The number of aliphatic hydroxyl groups excluding tert-OH is 1. The molecule has 0 radical (unpaired) electrons. The maximum atomic E-state index is 12.3. The third-order valence-corrected chi connectivity index (χ3v) is 7.00. The summed E-state index contributed by atoms with van der Waals surface area (Å²) < 4.78 is 33.3. The molecule has 2 aliphatic heterocycles. The topological polar surface area (TPSA) is 75.6 Å². The zero-order valence-electron chi connectivity index (χ0n) is 10.6. The highest BCUT2D eigenvalue weighted by Crippen LogP contribution is 2.35. The van der Waals surface area contributed by atoms with Crippen molar-refractivity contribution in [1.29, 1.82) is 0 Å². The highest BCUT2D eigenvalue weighted by molar-refractivity contribution is 7.91. The summed E-state index contributed by atoms with van der Waals surface area (Å²) >= 11 is 1.13.